The molecule has 0 saturated heterocycles. The fourth-order valence-corrected chi connectivity index (χ4v) is 2.25. The van der Waals surface area contributed by atoms with E-state index in [2.05, 4.69) is 9.97 Å². The molecule has 1 atom stereocenters. The Kier molecular flexibility index (Phi) is 2.90. The predicted octanol–water partition coefficient (Wildman–Crippen LogP) is 1.30. The summed E-state index contributed by atoms with van der Waals surface area (Å²) in [7, 11) is 0. The summed E-state index contributed by atoms with van der Waals surface area (Å²) in [6.45, 7) is 0.0882. The highest BCUT2D eigenvalue weighted by molar-refractivity contribution is 6.04. The molecule has 2 heterocycles. The van der Waals surface area contributed by atoms with Crippen LogP contribution in [0.25, 0.3) is 0 Å². The number of fused-ring (bicyclic) bond motifs is 1. The van der Waals surface area contributed by atoms with Crippen molar-refractivity contribution in [2.24, 2.45) is 5.73 Å². The van der Waals surface area contributed by atoms with Crippen LogP contribution in [0, 0.1) is 11.6 Å². The number of halogens is 2. The van der Waals surface area contributed by atoms with Crippen LogP contribution in [-0.4, -0.2) is 15.9 Å². The molecule has 0 aliphatic carbocycles. The number of nitrogens with zero attached hydrogens (tertiary/aromatic N) is 3. The number of benzene rings is 1. The molecule has 102 valence electrons. The van der Waals surface area contributed by atoms with Gasteiger partial charge in [-0.05, 0) is 12.1 Å². The van der Waals surface area contributed by atoms with Crippen LogP contribution in [0.3, 0.4) is 0 Å². The number of hydrogen-bond donors (Lipinski definition) is 1. The molecule has 1 aliphatic heterocycles. The van der Waals surface area contributed by atoms with Gasteiger partial charge in [-0.15, -0.1) is 0 Å². The Morgan fingerprint density at radius 3 is 2.85 bits per heavy atom. The first-order valence-corrected chi connectivity index (χ1v) is 5.88. The van der Waals surface area contributed by atoms with Gasteiger partial charge in [-0.1, -0.05) is 0 Å². The second-order valence-corrected chi connectivity index (χ2v) is 4.42. The number of carbonyl (C=O) groups excluding carboxylic acids is 1. The fraction of sp³-hybridized carbons (Fsp3) is 0.154. The summed E-state index contributed by atoms with van der Waals surface area (Å²) in [5.74, 6) is -2.05. The molecule has 1 aliphatic rings. The molecule has 0 radical (unpaired) electrons. The topological polar surface area (TPSA) is 72.1 Å². The third kappa shape index (κ3) is 1.92. The van der Waals surface area contributed by atoms with Gasteiger partial charge in [0.2, 0.25) is 5.91 Å². The maximum absolute atomic E-state index is 13.8. The first-order chi connectivity index (χ1) is 9.58. The van der Waals surface area contributed by atoms with Crippen molar-refractivity contribution in [3.05, 3.63) is 53.6 Å². The monoisotopic (exact) mass is 276 g/mol. The summed E-state index contributed by atoms with van der Waals surface area (Å²) in [5.41, 5.74) is 6.42. The molecule has 1 aromatic carbocycles. The normalized spacial score (nSPS) is 17.4. The largest absolute Gasteiger partial charge is 0.316 e. The molecule has 7 heteroatoms. The van der Waals surface area contributed by atoms with E-state index < -0.39 is 23.6 Å². The van der Waals surface area contributed by atoms with Gasteiger partial charge in [0.1, 0.15) is 24.0 Å². The lowest BCUT2D eigenvalue weighted by molar-refractivity contribution is -0.119. The standard InChI is InChI=1S/C13H10F2N4O/c14-7-3-9(15)11-10(4-7)19(13(20)12(11)16)5-8-1-2-17-6-18-8/h1-4,6,12H,5,16H2. The predicted molar refractivity (Wildman–Crippen MR) is 66.5 cm³/mol. The summed E-state index contributed by atoms with van der Waals surface area (Å²) in [4.78, 5) is 21.1. The maximum atomic E-state index is 13.8. The van der Waals surface area contributed by atoms with Crippen molar-refractivity contribution in [3.63, 3.8) is 0 Å². The molecule has 2 aromatic rings. The van der Waals surface area contributed by atoms with Crippen molar-refractivity contribution >= 4 is 11.6 Å². The van der Waals surface area contributed by atoms with E-state index in [1.165, 1.54) is 17.4 Å². The average molecular weight is 276 g/mol. The first-order valence-electron chi connectivity index (χ1n) is 5.88. The number of amides is 1. The van der Waals surface area contributed by atoms with Crippen molar-refractivity contribution in [1.29, 1.82) is 0 Å². The van der Waals surface area contributed by atoms with Gasteiger partial charge in [0.15, 0.2) is 0 Å². The quantitative estimate of drug-likeness (QED) is 0.897. The lowest BCUT2D eigenvalue weighted by Gasteiger charge is -2.16. The van der Waals surface area contributed by atoms with E-state index in [1.54, 1.807) is 6.07 Å². The Morgan fingerprint density at radius 2 is 2.15 bits per heavy atom. The van der Waals surface area contributed by atoms with Gasteiger partial charge in [0.05, 0.1) is 17.9 Å². The second-order valence-electron chi connectivity index (χ2n) is 4.42. The summed E-state index contributed by atoms with van der Waals surface area (Å²) in [5, 5.41) is 0. The smallest absolute Gasteiger partial charge is 0.249 e. The van der Waals surface area contributed by atoms with E-state index in [0.717, 1.165) is 12.1 Å². The summed E-state index contributed by atoms with van der Waals surface area (Å²) >= 11 is 0. The maximum Gasteiger partial charge on any atom is 0.249 e. The third-order valence-corrected chi connectivity index (χ3v) is 3.17. The van der Waals surface area contributed by atoms with Crippen LogP contribution in [-0.2, 0) is 11.3 Å². The van der Waals surface area contributed by atoms with Gasteiger partial charge in [-0.2, -0.15) is 0 Å². The van der Waals surface area contributed by atoms with Crippen molar-refractivity contribution < 1.29 is 13.6 Å². The van der Waals surface area contributed by atoms with E-state index in [-0.39, 0.29) is 17.8 Å². The molecular weight excluding hydrogens is 266 g/mol. The van der Waals surface area contributed by atoms with Crippen LogP contribution in [0.2, 0.25) is 0 Å². The number of hydrogen-bond acceptors (Lipinski definition) is 4. The number of carbonyl (C=O) groups is 1. The molecule has 3 rings (SSSR count). The molecule has 1 amide bonds. The van der Waals surface area contributed by atoms with E-state index >= 15 is 0 Å². The molecule has 0 bridgehead atoms. The van der Waals surface area contributed by atoms with Crippen LogP contribution < -0.4 is 10.6 Å². The zero-order valence-electron chi connectivity index (χ0n) is 10.3. The van der Waals surface area contributed by atoms with Crippen LogP contribution in [0.15, 0.2) is 30.7 Å². The van der Waals surface area contributed by atoms with Gasteiger partial charge in [-0.3, -0.25) is 4.79 Å². The highest BCUT2D eigenvalue weighted by Gasteiger charge is 2.37. The number of nitrogens with two attached hydrogens (primary N) is 1. The number of aromatic nitrogens is 2. The molecule has 2 N–H and O–H groups in total. The van der Waals surface area contributed by atoms with Gasteiger partial charge >= 0.3 is 0 Å². The van der Waals surface area contributed by atoms with Crippen molar-refractivity contribution in [2.45, 2.75) is 12.6 Å². The summed E-state index contributed by atoms with van der Waals surface area (Å²) < 4.78 is 27.1. The lowest BCUT2D eigenvalue weighted by Crippen LogP contribution is -2.31. The third-order valence-electron chi connectivity index (χ3n) is 3.17. The summed E-state index contributed by atoms with van der Waals surface area (Å²) in [6, 6.07) is 2.32. The van der Waals surface area contributed by atoms with Crippen LogP contribution >= 0.6 is 0 Å². The van der Waals surface area contributed by atoms with Crippen LogP contribution in [0.1, 0.15) is 17.3 Å². The molecule has 1 unspecified atom stereocenters. The minimum Gasteiger partial charge on any atom is -0.316 e. The molecule has 0 saturated carbocycles. The zero-order chi connectivity index (χ0) is 14.3. The highest BCUT2D eigenvalue weighted by atomic mass is 19.1. The second kappa shape index (κ2) is 4.61. The summed E-state index contributed by atoms with van der Waals surface area (Å²) in [6.07, 6.45) is 2.86. The Morgan fingerprint density at radius 1 is 1.35 bits per heavy atom. The average Bonchev–Trinajstić information content (AvgIpc) is 2.65. The van der Waals surface area contributed by atoms with Gasteiger partial charge in [0, 0.05) is 17.8 Å². The van der Waals surface area contributed by atoms with E-state index in [1.807, 2.05) is 0 Å². The Hall–Kier alpha value is -2.41. The fourth-order valence-electron chi connectivity index (χ4n) is 2.25. The van der Waals surface area contributed by atoms with E-state index in [4.69, 9.17) is 5.73 Å². The SMILES string of the molecule is NC1C(=O)N(Cc2ccncn2)c2cc(F)cc(F)c21. The van der Waals surface area contributed by atoms with Crippen molar-refractivity contribution in [3.8, 4) is 0 Å². The first kappa shape index (κ1) is 12.6. The molecular formula is C13H10F2N4O. The minimum atomic E-state index is -1.12. The van der Waals surface area contributed by atoms with Crippen LogP contribution in [0.5, 0.6) is 0 Å². The number of anilines is 1. The van der Waals surface area contributed by atoms with Crippen molar-refractivity contribution in [2.75, 3.05) is 4.90 Å². The van der Waals surface area contributed by atoms with Gasteiger partial charge in [0.25, 0.3) is 0 Å². The van der Waals surface area contributed by atoms with Gasteiger partial charge in [-0.25, -0.2) is 18.7 Å². The lowest BCUT2D eigenvalue weighted by atomic mass is 10.1. The zero-order valence-corrected chi connectivity index (χ0v) is 10.3. The van der Waals surface area contributed by atoms with Crippen molar-refractivity contribution in [1.82, 2.24) is 9.97 Å². The molecule has 0 spiro atoms. The van der Waals surface area contributed by atoms with Gasteiger partial charge < -0.3 is 10.6 Å². The molecule has 20 heavy (non-hydrogen) atoms. The molecule has 5 nitrogen and oxygen atoms in total. The van der Waals surface area contributed by atoms with E-state index in [9.17, 15) is 13.6 Å². The Labute approximate surface area is 113 Å². The Balaban J connectivity index is 2.04. The van der Waals surface area contributed by atoms with E-state index in [0.29, 0.717) is 5.69 Å². The molecule has 1 aromatic heterocycles. The minimum absolute atomic E-state index is 0.0189. The number of rotatable bonds is 2. The Bertz CT molecular complexity index is 678. The molecule has 0 fully saturated rings. The van der Waals surface area contributed by atoms with Crippen LogP contribution in [0.4, 0.5) is 14.5 Å². The highest BCUT2D eigenvalue weighted by Crippen LogP contribution is 2.37.